The summed E-state index contributed by atoms with van der Waals surface area (Å²) in [6.07, 6.45) is -72.8. The van der Waals surface area contributed by atoms with E-state index in [1.807, 2.05) is 0 Å². The molecule has 21 aliphatic heterocycles. The molecule has 0 unspecified atom stereocenters. The van der Waals surface area contributed by atoms with Crippen molar-refractivity contribution >= 4 is 11.9 Å². The number of phenols is 1. The molecule has 0 aliphatic carbocycles. The largest absolute Gasteiger partial charge is 0.508 e. The lowest BCUT2D eigenvalue weighted by atomic mass is 9.95. The summed E-state index contributed by atoms with van der Waals surface area (Å²) in [6, 6.07) is 3.91. The molecule has 0 spiro atoms. The molecular formula is C53H82N2O38. The fraction of sp³-hybridized carbons (Fsp3) is 0.849. The summed E-state index contributed by atoms with van der Waals surface area (Å²) in [5.74, 6) is -2.50. The average Bonchev–Trinajstić information content (AvgIpc) is 0.793. The Balaban J connectivity index is 0.998. The van der Waals surface area contributed by atoms with Crippen LogP contribution in [-0.4, -0.2) is 398 Å². The van der Waals surface area contributed by atoms with Gasteiger partial charge in [0.25, 0.3) is 0 Å². The van der Waals surface area contributed by atoms with Crippen LogP contribution in [0.2, 0.25) is 0 Å². The van der Waals surface area contributed by atoms with Crippen molar-refractivity contribution in [3.8, 4) is 5.75 Å². The molecule has 1 aromatic rings. The minimum absolute atomic E-state index is 0.112. The van der Waals surface area contributed by atoms with Crippen LogP contribution < -0.4 is 10.6 Å². The highest BCUT2D eigenvalue weighted by Crippen LogP contribution is 2.39. The van der Waals surface area contributed by atoms with Gasteiger partial charge >= 0.3 is 5.97 Å². The molecule has 24 N–H and O–H groups in total. The van der Waals surface area contributed by atoms with Crippen LogP contribution in [0.25, 0.3) is 0 Å². The first kappa shape index (κ1) is 73.8. The summed E-state index contributed by atoms with van der Waals surface area (Å²) in [6.45, 7) is -7.94. The zero-order chi connectivity index (χ0) is 67.6. The number of aliphatic carboxylic acids is 1. The number of hydrogen-bond acceptors (Lipinski definition) is 38. The SMILES string of the molecule is O=C(CNC[C@H]1O[C@@H]2O[C@H]3[C@H](O)[C@@H](O)[C@@H](O[C@H]4[C@H](O)[C@@H](O)[C@@H](O[C@H]5[C@H](O)[C@@H](O)[C@@H](O[C@H]6[C@H](O)[C@@H](O)[C@@H](O[C@H]7[C@H](O)[C@@H](O)[C@@H](O[C@H]8[C@H](O)[C@@H](O)[C@@H](O[C@H]1[C@H](O)[C@H]2O)O[C@@H]8CO)O[C@@H]7CO)O[C@@H]6CO)O[C@@H]5CO)O[C@@H]4CO)O[C@@H]3CO)N[C@@H](Cc1ccc(O)cc1)C(=O)O. The first-order valence-corrected chi connectivity index (χ1v) is 29.6. The van der Waals surface area contributed by atoms with Crippen molar-refractivity contribution in [2.24, 2.45) is 0 Å². The molecule has 0 saturated carbocycles. The number of hydrogen-bond donors (Lipinski definition) is 24. The van der Waals surface area contributed by atoms with Gasteiger partial charge in [0.1, 0.15) is 183 Å². The van der Waals surface area contributed by atoms with E-state index in [1.165, 1.54) is 24.3 Å². The summed E-state index contributed by atoms with van der Waals surface area (Å²) in [5.41, 5.74) is 0.408. The van der Waals surface area contributed by atoms with Crippen LogP contribution in [0.4, 0.5) is 0 Å². The Labute approximate surface area is 525 Å². The smallest absolute Gasteiger partial charge is 0.326 e. The molecule has 14 bridgehead atoms. The molecule has 93 heavy (non-hydrogen) atoms. The number of benzene rings is 1. The highest BCUT2D eigenvalue weighted by atomic mass is 16.8. The van der Waals surface area contributed by atoms with E-state index in [-0.39, 0.29) is 12.2 Å². The molecule has 36 atom stereocenters. The molecule has 21 saturated heterocycles. The molecular weight excluding hydrogens is 1270 g/mol. The lowest BCUT2D eigenvalue weighted by molar-refractivity contribution is -0.396. The predicted molar refractivity (Wildman–Crippen MR) is 286 cm³/mol. The molecule has 40 heteroatoms. The highest BCUT2D eigenvalue weighted by Gasteiger charge is 2.60. The third kappa shape index (κ3) is 15.9. The third-order valence-electron chi connectivity index (χ3n) is 17.2. The second-order valence-corrected chi connectivity index (χ2v) is 23.4. The van der Waals surface area contributed by atoms with Crippen molar-refractivity contribution in [3.05, 3.63) is 29.8 Å². The lowest BCUT2D eigenvalue weighted by Crippen LogP contribution is -2.68. The Hall–Kier alpha value is -3.44. The van der Waals surface area contributed by atoms with Crippen LogP contribution in [-0.2, 0) is 82.3 Å². The molecule has 21 aliphatic rings. The average molecular weight is 1360 g/mol. The quantitative estimate of drug-likeness (QED) is 0.0822. The van der Waals surface area contributed by atoms with Crippen molar-refractivity contribution in [1.82, 2.24) is 10.6 Å². The second-order valence-electron chi connectivity index (χ2n) is 23.4. The van der Waals surface area contributed by atoms with E-state index in [0.717, 1.165) is 0 Å². The molecule has 22 rings (SSSR count). The zero-order valence-electron chi connectivity index (χ0n) is 48.8. The number of aliphatic hydroxyl groups excluding tert-OH is 20. The fourth-order valence-corrected chi connectivity index (χ4v) is 12.1. The van der Waals surface area contributed by atoms with Crippen LogP contribution in [0.3, 0.4) is 0 Å². The minimum atomic E-state index is -2.32. The van der Waals surface area contributed by atoms with Crippen LogP contribution in [0.5, 0.6) is 5.75 Å². The Morgan fingerprint density at radius 3 is 0.796 bits per heavy atom. The van der Waals surface area contributed by atoms with Crippen LogP contribution >= 0.6 is 0 Å². The molecule has 21 heterocycles. The fourth-order valence-electron chi connectivity index (χ4n) is 12.1. The van der Waals surface area contributed by atoms with Crippen LogP contribution in [0.15, 0.2) is 24.3 Å². The first-order chi connectivity index (χ1) is 44.3. The van der Waals surface area contributed by atoms with Crippen molar-refractivity contribution in [2.45, 2.75) is 227 Å². The highest BCUT2D eigenvalue weighted by molar-refractivity contribution is 5.84. The number of ether oxygens (including phenoxy) is 14. The Morgan fingerprint density at radius 2 is 0.570 bits per heavy atom. The standard InChI is InChI=1S/C53H82N2O38/c56-8-18-40-27(66)34(73)49(82-18)90-42-20(10-58)84-51(36(75)29(42)68)92-44-22(12-60)86-53(38(77)31(44)70)93-45-23(13-61)85-52(37(76)30(45)69)91-43-21(11-59)83-50(35(74)28(43)67)89-41-19(9-57)81-48(33(72)26(41)65)87-39-17(80-47(88-40)32(71)25(39)64)6-54-7-24(63)55-16(46(78)79)5-14-1-3-15(62)4-2-14/h1-4,16-23,25-45,47-54,56-62,64-77H,5-13H2,(H,55,63)(H,78,79)/t16-,17+,18+,19+,20+,21+,22+,23+,25+,26+,27+,28+,29+,30+,31+,32+,33+,34+,35+,36+,37+,38+,39+,40+,41+,42+,43+,44+,45+,47+,48+,49+,50+,51+,52+,53+/m0/s1. The van der Waals surface area contributed by atoms with Gasteiger partial charge in [0.05, 0.1) is 46.2 Å². The van der Waals surface area contributed by atoms with E-state index < -0.39 is 286 Å². The minimum Gasteiger partial charge on any atom is -0.508 e. The van der Waals surface area contributed by atoms with Crippen molar-refractivity contribution < 1.29 is 188 Å². The van der Waals surface area contributed by atoms with Crippen molar-refractivity contribution in [1.29, 1.82) is 0 Å². The van der Waals surface area contributed by atoms with E-state index in [4.69, 9.17) is 66.3 Å². The summed E-state index contributed by atoms with van der Waals surface area (Å²) in [5, 5.41) is 249. The lowest BCUT2D eigenvalue weighted by Gasteiger charge is -2.50. The van der Waals surface area contributed by atoms with E-state index >= 15 is 0 Å². The Bertz CT molecular complexity index is 2510. The molecule has 0 aromatic heterocycles. The summed E-state index contributed by atoms with van der Waals surface area (Å²) < 4.78 is 80.9. The Morgan fingerprint density at radius 1 is 0.344 bits per heavy atom. The van der Waals surface area contributed by atoms with Gasteiger partial charge in [0.2, 0.25) is 5.91 Å². The number of carbonyl (C=O) groups is 2. The Kier molecular flexibility index (Phi) is 25.4. The van der Waals surface area contributed by atoms with E-state index in [0.29, 0.717) is 5.56 Å². The van der Waals surface area contributed by atoms with Gasteiger partial charge in [-0.2, -0.15) is 0 Å². The zero-order valence-corrected chi connectivity index (χ0v) is 48.8. The monoisotopic (exact) mass is 1350 g/mol. The second kappa shape index (κ2) is 32.0. The van der Waals surface area contributed by atoms with Gasteiger partial charge < -0.3 is 189 Å². The van der Waals surface area contributed by atoms with Crippen molar-refractivity contribution in [2.75, 3.05) is 52.7 Å². The topological polar surface area (TPSA) is 632 Å². The first-order valence-electron chi connectivity index (χ1n) is 29.6. The van der Waals surface area contributed by atoms with Gasteiger partial charge in [-0.15, -0.1) is 0 Å². The third-order valence-corrected chi connectivity index (χ3v) is 17.2. The van der Waals surface area contributed by atoms with Gasteiger partial charge in [-0.3, -0.25) is 4.79 Å². The van der Waals surface area contributed by atoms with E-state index in [2.05, 4.69) is 10.6 Å². The number of nitrogens with one attached hydrogen (secondary N) is 2. The number of carboxylic acid groups (broad SMARTS) is 1. The van der Waals surface area contributed by atoms with Crippen LogP contribution in [0, 0.1) is 0 Å². The van der Waals surface area contributed by atoms with Gasteiger partial charge in [0.15, 0.2) is 44.0 Å². The molecule has 532 valence electrons. The number of carboxylic acids is 1. The summed E-state index contributed by atoms with van der Waals surface area (Å²) >= 11 is 0. The van der Waals surface area contributed by atoms with Crippen LogP contribution in [0.1, 0.15) is 5.56 Å². The number of aromatic hydroxyl groups is 1. The predicted octanol–water partition coefficient (Wildman–Crippen LogP) is -15.1. The van der Waals surface area contributed by atoms with Crippen molar-refractivity contribution in [3.63, 3.8) is 0 Å². The van der Waals surface area contributed by atoms with Gasteiger partial charge in [0, 0.05) is 13.0 Å². The van der Waals surface area contributed by atoms with E-state index in [9.17, 15) is 122 Å². The number of carbonyl (C=O) groups excluding carboxylic acids is 1. The molecule has 0 radical (unpaired) electrons. The molecule has 1 aromatic carbocycles. The van der Waals surface area contributed by atoms with E-state index in [1.54, 1.807) is 0 Å². The van der Waals surface area contributed by atoms with Gasteiger partial charge in [-0.05, 0) is 17.7 Å². The number of rotatable bonds is 14. The maximum absolute atomic E-state index is 13.3. The summed E-state index contributed by atoms with van der Waals surface area (Å²) in [7, 11) is 0. The number of aliphatic hydroxyl groups is 20. The number of phenolic OH excluding ortho intramolecular Hbond substituents is 1. The molecule has 1 amide bonds. The summed E-state index contributed by atoms with van der Waals surface area (Å²) in [4.78, 5) is 25.5. The van der Waals surface area contributed by atoms with Gasteiger partial charge in [-0.25, -0.2) is 4.79 Å². The molecule has 40 nitrogen and oxygen atoms in total. The maximum Gasteiger partial charge on any atom is 0.326 e. The van der Waals surface area contributed by atoms with Gasteiger partial charge in [-0.1, -0.05) is 12.1 Å². The molecule has 21 fully saturated rings. The maximum atomic E-state index is 13.3. The normalized spacial score (nSPS) is 48.1. The number of amides is 1.